The van der Waals surface area contributed by atoms with Gasteiger partial charge in [0.1, 0.15) is 11.0 Å². The van der Waals surface area contributed by atoms with Crippen LogP contribution in [-0.2, 0) is 4.74 Å². The molecule has 104 valence electrons. The third-order valence-corrected chi connectivity index (χ3v) is 3.21. The van der Waals surface area contributed by atoms with Gasteiger partial charge in [0.05, 0.1) is 22.7 Å². The third kappa shape index (κ3) is 3.76. The number of pyridine rings is 1. The molecule has 1 aromatic heterocycles. The molecule has 2 heterocycles. The Bertz CT molecular complexity index is 477. The quantitative estimate of drug-likeness (QED) is 0.496. The largest absolute Gasteiger partial charge is 0.388 e. The number of hydrogen-bond donors (Lipinski definition) is 2. The molecule has 0 aromatic carbocycles. The van der Waals surface area contributed by atoms with Crippen molar-refractivity contribution in [3.8, 4) is 0 Å². The number of hydrogen-bond acceptors (Lipinski definition) is 6. The molecule has 1 saturated heterocycles. The summed E-state index contributed by atoms with van der Waals surface area (Å²) in [6.07, 6.45) is 1.03. The van der Waals surface area contributed by atoms with Gasteiger partial charge < -0.3 is 15.2 Å². The molecule has 0 atom stereocenters. The highest BCUT2D eigenvalue weighted by Crippen LogP contribution is 2.23. The Morgan fingerprint density at radius 3 is 2.84 bits per heavy atom. The van der Waals surface area contributed by atoms with E-state index in [9.17, 15) is 15.2 Å². The maximum atomic E-state index is 10.7. The lowest BCUT2D eigenvalue weighted by atomic mass is 9.94. The summed E-state index contributed by atoms with van der Waals surface area (Å²) in [5, 5.41) is 23.9. The Morgan fingerprint density at radius 1 is 1.53 bits per heavy atom. The number of nitrogens with zero attached hydrogens (tertiary/aromatic N) is 2. The van der Waals surface area contributed by atoms with Crippen LogP contribution in [0.1, 0.15) is 12.8 Å². The van der Waals surface area contributed by atoms with Gasteiger partial charge in [-0.25, -0.2) is 4.98 Å². The van der Waals surface area contributed by atoms with Crippen molar-refractivity contribution < 1.29 is 14.8 Å². The molecule has 0 saturated carbocycles. The second kappa shape index (κ2) is 5.68. The zero-order valence-corrected chi connectivity index (χ0v) is 10.9. The van der Waals surface area contributed by atoms with Crippen molar-refractivity contribution >= 4 is 23.1 Å². The van der Waals surface area contributed by atoms with Gasteiger partial charge in [-0.15, -0.1) is 0 Å². The lowest BCUT2D eigenvalue weighted by molar-refractivity contribution is -0.384. The smallest absolute Gasteiger partial charge is 0.276 e. The molecule has 1 aliphatic rings. The fourth-order valence-corrected chi connectivity index (χ4v) is 2.07. The second-order valence-electron chi connectivity index (χ2n) is 4.48. The van der Waals surface area contributed by atoms with Gasteiger partial charge in [0.25, 0.3) is 5.69 Å². The van der Waals surface area contributed by atoms with E-state index in [1.54, 1.807) is 0 Å². The van der Waals surface area contributed by atoms with Crippen LogP contribution in [0.2, 0.25) is 5.15 Å². The fourth-order valence-electron chi connectivity index (χ4n) is 1.86. The van der Waals surface area contributed by atoms with Crippen molar-refractivity contribution in [2.75, 3.05) is 25.1 Å². The van der Waals surface area contributed by atoms with Gasteiger partial charge >= 0.3 is 0 Å². The van der Waals surface area contributed by atoms with Crippen LogP contribution in [0.15, 0.2) is 12.1 Å². The number of aromatic nitrogens is 1. The van der Waals surface area contributed by atoms with Crippen molar-refractivity contribution in [3.05, 3.63) is 27.4 Å². The van der Waals surface area contributed by atoms with Gasteiger partial charge in [-0.05, 0) is 0 Å². The number of nitrogens with one attached hydrogen (secondary N) is 1. The van der Waals surface area contributed by atoms with E-state index >= 15 is 0 Å². The van der Waals surface area contributed by atoms with E-state index < -0.39 is 10.5 Å². The first-order valence-electron chi connectivity index (χ1n) is 5.84. The van der Waals surface area contributed by atoms with Gasteiger partial charge in [-0.3, -0.25) is 10.1 Å². The molecular weight excluding hydrogens is 274 g/mol. The van der Waals surface area contributed by atoms with E-state index in [1.165, 1.54) is 12.1 Å². The van der Waals surface area contributed by atoms with Gasteiger partial charge in [-0.2, -0.15) is 0 Å². The standard InChI is InChI=1S/C11H14ClN3O4/c12-9-5-8(15(17)18)6-10(14-9)13-7-11(16)1-3-19-4-2-11/h5-6,16H,1-4,7H2,(H,13,14). The van der Waals surface area contributed by atoms with Crippen LogP contribution in [0.4, 0.5) is 11.5 Å². The lowest BCUT2D eigenvalue weighted by Gasteiger charge is -2.32. The van der Waals surface area contributed by atoms with Gasteiger partial charge in [0.15, 0.2) is 0 Å². The summed E-state index contributed by atoms with van der Waals surface area (Å²) in [7, 11) is 0. The highest BCUT2D eigenvalue weighted by molar-refractivity contribution is 6.29. The predicted molar refractivity (Wildman–Crippen MR) is 69.4 cm³/mol. The predicted octanol–water partition coefficient (Wildman–Crippen LogP) is 1.60. The summed E-state index contributed by atoms with van der Waals surface area (Å²) < 4.78 is 5.17. The zero-order chi connectivity index (χ0) is 13.9. The van der Waals surface area contributed by atoms with E-state index in [4.69, 9.17) is 16.3 Å². The summed E-state index contributed by atoms with van der Waals surface area (Å²) in [5.41, 5.74) is -1.02. The van der Waals surface area contributed by atoms with Gasteiger partial charge in [0, 0.05) is 32.6 Å². The lowest BCUT2D eigenvalue weighted by Crippen LogP contribution is -2.42. The Kier molecular flexibility index (Phi) is 4.18. The Balaban J connectivity index is 2.04. The van der Waals surface area contributed by atoms with E-state index in [1.807, 2.05) is 0 Å². The monoisotopic (exact) mass is 287 g/mol. The topological polar surface area (TPSA) is 97.5 Å². The Labute approximate surface area is 114 Å². The molecule has 1 fully saturated rings. The first-order chi connectivity index (χ1) is 8.98. The van der Waals surface area contributed by atoms with E-state index in [-0.39, 0.29) is 23.2 Å². The number of halogens is 1. The van der Waals surface area contributed by atoms with Gasteiger partial charge in [-0.1, -0.05) is 11.6 Å². The number of anilines is 1. The molecule has 1 aromatic rings. The number of nitro groups is 1. The molecule has 0 radical (unpaired) electrons. The summed E-state index contributed by atoms with van der Waals surface area (Å²) in [4.78, 5) is 14.1. The van der Waals surface area contributed by atoms with Gasteiger partial charge in [0.2, 0.25) is 0 Å². The molecule has 7 nitrogen and oxygen atoms in total. The average molecular weight is 288 g/mol. The molecule has 1 aliphatic heterocycles. The molecule has 0 aliphatic carbocycles. The maximum Gasteiger partial charge on any atom is 0.276 e. The van der Waals surface area contributed by atoms with Crippen molar-refractivity contribution in [2.45, 2.75) is 18.4 Å². The maximum absolute atomic E-state index is 10.7. The third-order valence-electron chi connectivity index (χ3n) is 3.01. The van der Waals surface area contributed by atoms with Crippen LogP contribution in [0.3, 0.4) is 0 Å². The Hall–Kier alpha value is -1.44. The summed E-state index contributed by atoms with van der Waals surface area (Å²) >= 11 is 5.71. The highest BCUT2D eigenvalue weighted by Gasteiger charge is 2.29. The molecule has 0 spiro atoms. The number of rotatable bonds is 4. The van der Waals surface area contributed by atoms with Crippen LogP contribution in [-0.4, -0.2) is 40.4 Å². The normalized spacial score (nSPS) is 18.0. The SMILES string of the molecule is O=[N+]([O-])c1cc(Cl)nc(NCC2(O)CCOCC2)c1. The minimum absolute atomic E-state index is 0.0377. The minimum atomic E-state index is -0.878. The molecular formula is C11H14ClN3O4. The molecule has 2 N–H and O–H groups in total. The van der Waals surface area contributed by atoms with Crippen LogP contribution in [0.5, 0.6) is 0 Å². The van der Waals surface area contributed by atoms with Crippen LogP contribution >= 0.6 is 11.6 Å². The molecule has 0 unspecified atom stereocenters. The fraction of sp³-hybridized carbons (Fsp3) is 0.545. The first-order valence-corrected chi connectivity index (χ1v) is 6.22. The highest BCUT2D eigenvalue weighted by atomic mass is 35.5. The van der Waals surface area contributed by atoms with Crippen LogP contribution in [0, 0.1) is 10.1 Å². The number of ether oxygens (including phenoxy) is 1. The van der Waals surface area contributed by atoms with E-state index in [2.05, 4.69) is 10.3 Å². The molecule has 19 heavy (non-hydrogen) atoms. The van der Waals surface area contributed by atoms with Crippen LogP contribution in [0.25, 0.3) is 0 Å². The molecule has 8 heteroatoms. The minimum Gasteiger partial charge on any atom is -0.388 e. The Morgan fingerprint density at radius 2 is 2.21 bits per heavy atom. The van der Waals surface area contributed by atoms with Crippen molar-refractivity contribution in [1.29, 1.82) is 0 Å². The van der Waals surface area contributed by atoms with Crippen molar-refractivity contribution in [2.24, 2.45) is 0 Å². The summed E-state index contributed by atoms with van der Waals surface area (Å²) in [5.74, 6) is 0.277. The van der Waals surface area contributed by atoms with Crippen LogP contribution < -0.4 is 5.32 Å². The molecule has 0 amide bonds. The van der Waals surface area contributed by atoms with E-state index in [0.29, 0.717) is 26.1 Å². The van der Waals surface area contributed by atoms with Crippen molar-refractivity contribution in [1.82, 2.24) is 4.98 Å². The van der Waals surface area contributed by atoms with Crippen molar-refractivity contribution in [3.63, 3.8) is 0 Å². The zero-order valence-electron chi connectivity index (χ0n) is 10.1. The van der Waals surface area contributed by atoms with E-state index in [0.717, 1.165) is 0 Å². The second-order valence-corrected chi connectivity index (χ2v) is 4.87. The molecule has 2 rings (SSSR count). The number of aliphatic hydroxyl groups is 1. The average Bonchev–Trinajstić information content (AvgIpc) is 2.37. The first kappa shape index (κ1) is 14.0. The molecule has 0 bridgehead atoms. The summed E-state index contributed by atoms with van der Waals surface area (Å²) in [6.45, 7) is 1.25. The summed E-state index contributed by atoms with van der Waals surface area (Å²) in [6, 6.07) is 2.46.